The molecule has 0 saturated carbocycles. The third kappa shape index (κ3) is 3.22. The third-order valence-electron chi connectivity index (χ3n) is 3.26. The minimum absolute atomic E-state index is 0.545. The van der Waals surface area contributed by atoms with Gasteiger partial charge in [0, 0.05) is 16.9 Å². The highest BCUT2D eigenvalue weighted by Gasteiger charge is 2.01. The summed E-state index contributed by atoms with van der Waals surface area (Å²) in [5.74, 6) is 0.545. The summed E-state index contributed by atoms with van der Waals surface area (Å²) in [4.78, 5) is 10.8. The van der Waals surface area contributed by atoms with E-state index in [1.165, 1.54) is 5.56 Å². The second-order valence-corrected chi connectivity index (χ2v) is 5.09. The smallest absolute Gasteiger partial charge is 0.150 e. The van der Waals surface area contributed by atoms with Crippen molar-refractivity contribution in [1.29, 1.82) is 0 Å². The molecule has 0 unspecified atom stereocenters. The van der Waals surface area contributed by atoms with E-state index in [1.54, 1.807) is 0 Å². The van der Waals surface area contributed by atoms with Crippen LogP contribution in [0.15, 0.2) is 42.5 Å². The second-order valence-electron chi connectivity index (χ2n) is 5.09. The molecule has 0 spiro atoms. The molecule has 2 aromatic carbocycles. The van der Waals surface area contributed by atoms with Gasteiger partial charge in [-0.2, -0.15) is 0 Å². The molecular weight excluding hydrogens is 234 g/mol. The van der Waals surface area contributed by atoms with Gasteiger partial charge in [-0.15, -0.1) is 0 Å². The lowest BCUT2D eigenvalue weighted by Crippen LogP contribution is -1.94. The van der Waals surface area contributed by atoms with Gasteiger partial charge >= 0.3 is 0 Å². The van der Waals surface area contributed by atoms with E-state index in [4.69, 9.17) is 0 Å². The molecule has 0 aromatic heterocycles. The van der Waals surface area contributed by atoms with Gasteiger partial charge < -0.3 is 5.32 Å². The highest BCUT2D eigenvalue weighted by atomic mass is 16.1. The van der Waals surface area contributed by atoms with E-state index in [1.807, 2.05) is 25.1 Å². The van der Waals surface area contributed by atoms with Gasteiger partial charge in [0.25, 0.3) is 0 Å². The highest BCUT2D eigenvalue weighted by molar-refractivity contribution is 5.78. The normalized spacial score (nSPS) is 10.5. The molecule has 2 rings (SSSR count). The van der Waals surface area contributed by atoms with Gasteiger partial charge in [0.15, 0.2) is 0 Å². The molecule has 0 aliphatic rings. The van der Waals surface area contributed by atoms with Crippen molar-refractivity contribution >= 4 is 17.7 Å². The topological polar surface area (TPSA) is 29.1 Å². The SMILES string of the molecule is Cc1cc(Nc2ccc(C(C)C)cc2)ccc1C=O. The zero-order valence-corrected chi connectivity index (χ0v) is 11.6. The van der Waals surface area contributed by atoms with Crippen LogP contribution in [0.4, 0.5) is 11.4 Å². The Morgan fingerprint density at radius 1 is 1.00 bits per heavy atom. The first-order chi connectivity index (χ1) is 9.10. The first-order valence-corrected chi connectivity index (χ1v) is 6.53. The highest BCUT2D eigenvalue weighted by Crippen LogP contribution is 2.22. The van der Waals surface area contributed by atoms with Crippen LogP contribution < -0.4 is 5.32 Å². The van der Waals surface area contributed by atoms with Gasteiger partial charge in [-0.05, 0) is 54.3 Å². The summed E-state index contributed by atoms with van der Waals surface area (Å²) in [6.07, 6.45) is 0.885. The minimum atomic E-state index is 0.545. The number of rotatable bonds is 4. The van der Waals surface area contributed by atoms with E-state index in [9.17, 15) is 4.79 Å². The van der Waals surface area contributed by atoms with Crippen LogP contribution in [0.25, 0.3) is 0 Å². The third-order valence-corrected chi connectivity index (χ3v) is 3.26. The molecule has 2 aromatic rings. The Hall–Kier alpha value is -2.09. The number of hydrogen-bond donors (Lipinski definition) is 1. The Morgan fingerprint density at radius 2 is 1.63 bits per heavy atom. The lowest BCUT2D eigenvalue weighted by atomic mass is 10.0. The van der Waals surface area contributed by atoms with Gasteiger partial charge in [0.1, 0.15) is 6.29 Å². The van der Waals surface area contributed by atoms with Crippen LogP contribution in [0.2, 0.25) is 0 Å². The minimum Gasteiger partial charge on any atom is -0.356 e. The summed E-state index contributed by atoms with van der Waals surface area (Å²) in [5, 5.41) is 3.35. The van der Waals surface area contributed by atoms with Crippen molar-refractivity contribution in [3.63, 3.8) is 0 Å². The van der Waals surface area contributed by atoms with Crippen molar-refractivity contribution in [3.8, 4) is 0 Å². The molecule has 0 bridgehead atoms. The number of carbonyl (C=O) groups excluding carboxylic acids is 1. The molecule has 0 heterocycles. The van der Waals surface area contributed by atoms with Crippen molar-refractivity contribution in [2.75, 3.05) is 5.32 Å². The number of aldehydes is 1. The maximum atomic E-state index is 10.8. The number of aryl methyl sites for hydroxylation is 1. The maximum absolute atomic E-state index is 10.8. The van der Waals surface area contributed by atoms with Crippen molar-refractivity contribution in [2.24, 2.45) is 0 Å². The second kappa shape index (κ2) is 5.70. The molecule has 2 heteroatoms. The van der Waals surface area contributed by atoms with Gasteiger partial charge in [-0.1, -0.05) is 26.0 Å². The zero-order valence-electron chi connectivity index (χ0n) is 11.6. The molecular formula is C17H19NO. The van der Waals surface area contributed by atoms with Crippen molar-refractivity contribution in [3.05, 3.63) is 59.2 Å². The fourth-order valence-electron chi connectivity index (χ4n) is 2.00. The first-order valence-electron chi connectivity index (χ1n) is 6.53. The summed E-state index contributed by atoms with van der Waals surface area (Å²) in [5.41, 5.74) is 5.11. The van der Waals surface area contributed by atoms with E-state index in [0.29, 0.717) is 5.92 Å². The van der Waals surface area contributed by atoms with Crippen LogP contribution in [-0.2, 0) is 0 Å². The molecule has 98 valence electrons. The Balaban J connectivity index is 2.16. The van der Waals surface area contributed by atoms with Crippen molar-refractivity contribution in [1.82, 2.24) is 0 Å². The van der Waals surface area contributed by atoms with Gasteiger partial charge in [-0.3, -0.25) is 4.79 Å². The van der Waals surface area contributed by atoms with Crippen LogP contribution in [0.3, 0.4) is 0 Å². The summed E-state index contributed by atoms with van der Waals surface area (Å²) in [6.45, 7) is 6.31. The summed E-state index contributed by atoms with van der Waals surface area (Å²) < 4.78 is 0. The summed E-state index contributed by atoms with van der Waals surface area (Å²) in [7, 11) is 0. The fraction of sp³-hybridized carbons (Fsp3) is 0.235. The van der Waals surface area contributed by atoms with E-state index in [-0.39, 0.29) is 0 Å². The largest absolute Gasteiger partial charge is 0.356 e. The molecule has 2 nitrogen and oxygen atoms in total. The number of anilines is 2. The van der Waals surface area contributed by atoms with Crippen molar-refractivity contribution in [2.45, 2.75) is 26.7 Å². The number of benzene rings is 2. The predicted octanol–water partition coefficient (Wildman–Crippen LogP) is 4.67. The van der Waals surface area contributed by atoms with Crippen LogP contribution >= 0.6 is 0 Å². The summed E-state index contributed by atoms with van der Waals surface area (Å²) in [6, 6.07) is 14.2. The molecule has 0 aliphatic heterocycles. The van der Waals surface area contributed by atoms with Crippen LogP contribution in [0.1, 0.15) is 41.3 Å². The van der Waals surface area contributed by atoms with Crippen molar-refractivity contribution < 1.29 is 4.79 Å². The van der Waals surface area contributed by atoms with Crippen LogP contribution in [-0.4, -0.2) is 6.29 Å². The Kier molecular flexibility index (Phi) is 4.00. The predicted molar refractivity (Wildman–Crippen MR) is 80.4 cm³/mol. The molecule has 0 aliphatic carbocycles. The van der Waals surface area contributed by atoms with Gasteiger partial charge in [0.2, 0.25) is 0 Å². The lowest BCUT2D eigenvalue weighted by Gasteiger charge is -2.10. The Morgan fingerprint density at radius 3 is 2.16 bits per heavy atom. The average molecular weight is 253 g/mol. The zero-order chi connectivity index (χ0) is 13.8. The quantitative estimate of drug-likeness (QED) is 0.802. The summed E-state index contributed by atoms with van der Waals surface area (Å²) >= 11 is 0. The lowest BCUT2D eigenvalue weighted by molar-refractivity contribution is 0.112. The molecule has 0 atom stereocenters. The number of hydrogen-bond acceptors (Lipinski definition) is 2. The molecule has 0 radical (unpaired) electrons. The Bertz CT molecular complexity index is 570. The molecule has 1 N–H and O–H groups in total. The molecule has 19 heavy (non-hydrogen) atoms. The van der Waals surface area contributed by atoms with Crippen LogP contribution in [0.5, 0.6) is 0 Å². The van der Waals surface area contributed by atoms with Gasteiger partial charge in [-0.25, -0.2) is 0 Å². The van der Waals surface area contributed by atoms with Gasteiger partial charge in [0.05, 0.1) is 0 Å². The molecule has 0 saturated heterocycles. The average Bonchev–Trinajstić information content (AvgIpc) is 2.39. The standard InChI is InChI=1S/C17H19NO/c1-12(2)14-4-7-16(8-5-14)18-17-9-6-15(11-19)13(3)10-17/h4-12,18H,1-3H3. The van der Waals surface area contributed by atoms with E-state index in [2.05, 4.69) is 43.4 Å². The number of carbonyl (C=O) groups is 1. The monoisotopic (exact) mass is 253 g/mol. The number of nitrogens with one attached hydrogen (secondary N) is 1. The maximum Gasteiger partial charge on any atom is 0.150 e. The molecule has 0 amide bonds. The van der Waals surface area contributed by atoms with Crippen LogP contribution in [0, 0.1) is 6.92 Å². The fourth-order valence-corrected chi connectivity index (χ4v) is 2.00. The molecule has 0 fully saturated rings. The Labute approximate surface area is 114 Å². The first kappa shape index (κ1) is 13.3. The van der Waals surface area contributed by atoms with E-state index >= 15 is 0 Å². The van der Waals surface area contributed by atoms with E-state index < -0.39 is 0 Å². The van der Waals surface area contributed by atoms with E-state index in [0.717, 1.165) is 28.8 Å².